The summed E-state index contributed by atoms with van der Waals surface area (Å²) in [6.45, 7) is 2.34. The minimum atomic E-state index is -0.359. The number of carbonyl (C=O) groups is 2. The first kappa shape index (κ1) is 19.2. The van der Waals surface area contributed by atoms with E-state index in [9.17, 15) is 9.59 Å². The van der Waals surface area contributed by atoms with Crippen molar-refractivity contribution in [3.8, 4) is 5.75 Å². The van der Waals surface area contributed by atoms with Gasteiger partial charge in [0.25, 0.3) is 11.8 Å². The monoisotopic (exact) mass is 378 g/mol. The fourth-order valence-electron chi connectivity index (χ4n) is 2.81. The Hall–Kier alpha value is -3.54. The smallest absolute Gasteiger partial charge is 0.291 e. The van der Waals surface area contributed by atoms with E-state index in [1.54, 1.807) is 37.4 Å². The molecule has 0 bridgehead atoms. The van der Waals surface area contributed by atoms with Crippen LogP contribution in [0.25, 0.3) is 0 Å². The maximum atomic E-state index is 12.5. The average molecular weight is 378 g/mol. The molecule has 0 saturated carbocycles. The minimum Gasteiger partial charge on any atom is -0.496 e. The summed E-state index contributed by atoms with van der Waals surface area (Å²) in [5.41, 5.74) is 2.92. The predicted molar refractivity (Wildman–Crippen MR) is 107 cm³/mol. The molecular weight excluding hydrogens is 356 g/mol. The molecule has 0 spiro atoms. The summed E-state index contributed by atoms with van der Waals surface area (Å²) in [4.78, 5) is 24.7. The number of carbonyl (C=O) groups excluding carboxylic acids is 2. The average Bonchev–Trinajstić information content (AvgIpc) is 3.25. The van der Waals surface area contributed by atoms with E-state index in [1.165, 1.54) is 6.26 Å². The number of benzene rings is 2. The van der Waals surface area contributed by atoms with Crippen molar-refractivity contribution in [3.63, 3.8) is 0 Å². The molecule has 0 radical (unpaired) electrons. The van der Waals surface area contributed by atoms with Gasteiger partial charge in [-0.15, -0.1) is 0 Å². The summed E-state index contributed by atoms with van der Waals surface area (Å²) >= 11 is 0. The van der Waals surface area contributed by atoms with Crippen LogP contribution in [-0.2, 0) is 6.42 Å². The van der Waals surface area contributed by atoms with E-state index in [1.807, 2.05) is 31.2 Å². The molecule has 6 nitrogen and oxygen atoms in total. The summed E-state index contributed by atoms with van der Waals surface area (Å²) < 4.78 is 10.4. The number of anilines is 1. The molecule has 0 atom stereocenters. The van der Waals surface area contributed by atoms with Crippen molar-refractivity contribution >= 4 is 17.5 Å². The molecule has 0 saturated heterocycles. The van der Waals surface area contributed by atoms with Crippen molar-refractivity contribution in [1.29, 1.82) is 0 Å². The number of para-hydroxylation sites is 1. The lowest BCUT2D eigenvalue weighted by atomic mass is 10.1. The normalized spacial score (nSPS) is 10.4. The van der Waals surface area contributed by atoms with Crippen LogP contribution in [0, 0.1) is 6.92 Å². The predicted octanol–water partition coefficient (Wildman–Crippen LogP) is 3.82. The third-order valence-corrected chi connectivity index (χ3v) is 4.37. The summed E-state index contributed by atoms with van der Waals surface area (Å²) in [6.07, 6.45) is 2.09. The third-order valence-electron chi connectivity index (χ3n) is 4.37. The molecule has 6 heteroatoms. The molecule has 0 fully saturated rings. The van der Waals surface area contributed by atoms with Crippen molar-refractivity contribution in [1.82, 2.24) is 5.32 Å². The highest BCUT2D eigenvalue weighted by Crippen LogP contribution is 2.19. The van der Waals surface area contributed by atoms with Crippen molar-refractivity contribution < 1.29 is 18.7 Å². The topological polar surface area (TPSA) is 80.6 Å². The van der Waals surface area contributed by atoms with Gasteiger partial charge in [0.1, 0.15) is 5.75 Å². The molecule has 2 aromatic carbocycles. The molecule has 28 heavy (non-hydrogen) atoms. The van der Waals surface area contributed by atoms with E-state index in [4.69, 9.17) is 9.15 Å². The van der Waals surface area contributed by atoms with Gasteiger partial charge >= 0.3 is 0 Å². The number of hydrogen-bond donors (Lipinski definition) is 2. The molecule has 1 heterocycles. The number of nitrogens with one attached hydrogen (secondary N) is 2. The van der Waals surface area contributed by atoms with Crippen LogP contribution in [0.15, 0.2) is 65.3 Å². The molecule has 0 unspecified atom stereocenters. The molecule has 1 aromatic heterocycles. The zero-order chi connectivity index (χ0) is 19.9. The minimum absolute atomic E-state index is 0.205. The van der Waals surface area contributed by atoms with Gasteiger partial charge in [-0.25, -0.2) is 0 Å². The molecule has 144 valence electrons. The number of hydrogen-bond acceptors (Lipinski definition) is 4. The summed E-state index contributed by atoms with van der Waals surface area (Å²) in [5, 5.41) is 5.68. The summed E-state index contributed by atoms with van der Waals surface area (Å²) in [6, 6.07) is 16.1. The second-order valence-electron chi connectivity index (χ2n) is 6.28. The molecule has 2 amide bonds. The molecule has 3 rings (SSSR count). The van der Waals surface area contributed by atoms with Crippen LogP contribution in [0.1, 0.15) is 32.0 Å². The van der Waals surface area contributed by atoms with E-state index >= 15 is 0 Å². The second kappa shape index (κ2) is 8.90. The summed E-state index contributed by atoms with van der Waals surface area (Å²) in [5.74, 6) is 0.450. The van der Waals surface area contributed by atoms with Gasteiger partial charge in [-0.2, -0.15) is 0 Å². The lowest BCUT2D eigenvalue weighted by Gasteiger charge is -2.11. The first-order valence-corrected chi connectivity index (χ1v) is 8.94. The van der Waals surface area contributed by atoms with E-state index < -0.39 is 0 Å². The Balaban J connectivity index is 1.63. The Morgan fingerprint density at radius 3 is 2.61 bits per heavy atom. The van der Waals surface area contributed by atoms with Crippen molar-refractivity contribution in [3.05, 3.63) is 83.3 Å². The Morgan fingerprint density at radius 2 is 1.86 bits per heavy atom. The van der Waals surface area contributed by atoms with Crippen LogP contribution in [0.3, 0.4) is 0 Å². The fraction of sp³-hybridized carbons (Fsp3) is 0.182. The highest BCUT2D eigenvalue weighted by molar-refractivity contribution is 6.03. The van der Waals surface area contributed by atoms with Gasteiger partial charge < -0.3 is 19.8 Å². The lowest BCUT2D eigenvalue weighted by Crippen LogP contribution is -2.26. The number of amides is 2. The highest BCUT2D eigenvalue weighted by Gasteiger charge is 2.13. The lowest BCUT2D eigenvalue weighted by molar-refractivity contribution is 0.0952. The Bertz CT molecular complexity index is 964. The van der Waals surface area contributed by atoms with Crippen LogP contribution < -0.4 is 15.4 Å². The van der Waals surface area contributed by atoms with Gasteiger partial charge in [-0.05, 0) is 54.8 Å². The second-order valence-corrected chi connectivity index (χ2v) is 6.28. The van der Waals surface area contributed by atoms with Crippen LogP contribution in [-0.4, -0.2) is 25.5 Å². The van der Waals surface area contributed by atoms with Gasteiger partial charge in [0.15, 0.2) is 5.76 Å². The molecular formula is C22H22N2O4. The van der Waals surface area contributed by atoms with Crippen molar-refractivity contribution in [2.24, 2.45) is 0 Å². The van der Waals surface area contributed by atoms with Crippen LogP contribution in [0.2, 0.25) is 0 Å². The van der Waals surface area contributed by atoms with Crippen molar-refractivity contribution in [2.45, 2.75) is 13.3 Å². The van der Waals surface area contributed by atoms with E-state index in [2.05, 4.69) is 10.6 Å². The maximum absolute atomic E-state index is 12.5. The van der Waals surface area contributed by atoms with E-state index in [0.29, 0.717) is 24.2 Å². The molecule has 0 aliphatic heterocycles. The quantitative estimate of drug-likeness (QED) is 0.655. The van der Waals surface area contributed by atoms with Crippen LogP contribution in [0.5, 0.6) is 5.75 Å². The van der Waals surface area contributed by atoms with Gasteiger partial charge in [-0.3, -0.25) is 9.59 Å². The number of ether oxygens (including phenoxy) is 1. The molecule has 0 aliphatic carbocycles. The number of aryl methyl sites for hydroxylation is 1. The van der Waals surface area contributed by atoms with Crippen molar-refractivity contribution in [2.75, 3.05) is 19.0 Å². The molecule has 3 aromatic rings. The number of furan rings is 1. The van der Waals surface area contributed by atoms with E-state index in [0.717, 1.165) is 16.9 Å². The van der Waals surface area contributed by atoms with Gasteiger partial charge in [0.2, 0.25) is 0 Å². The van der Waals surface area contributed by atoms with Crippen LogP contribution in [0.4, 0.5) is 5.69 Å². The molecule has 0 aliphatic rings. The largest absolute Gasteiger partial charge is 0.496 e. The van der Waals surface area contributed by atoms with Crippen LogP contribution >= 0.6 is 0 Å². The molecule has 2 N–H and O–H groups in total. The number of methoxy groups -OCH3 is 1. The Morgan fingerprint density at radius 1 is 1.04 bits per heavy atom. The zero-order valence-corrected chi connectivity index (χ0v) is 15.8. The fourth-order valence-corrected chi connectivity index (χ4v) is 2.81. The van der Waals surface area contributed by atoms with E-state index in [-0.39, 0.29) is 17.6 Å². The Labute approximate surface area is 163 Å². The zero-order valence-electron chi connectivity index (χ0n) is 15.8. The number of rotatable bonds is 7. The first-order valence-electron chi connectivity index (χ1n) is 8.94. The van der Waals surface area contributed by atoms with Gasteiger partial charge in [0.05, 0.1) is 13.4 Å². The first-order chi connectivity index (χ1) is 13.6. The Kier molecular flexibility index (Phi) is 6.11. The third kappa shape index (κ3) is 4.59. The van der Waals surface area contributed by atoms with Gasteiger partial charge in [0, 0.05) is 17.8 Å². The SMILES string of the molecule is COc1ccccc1CCNC(=O)c1ccc(C)c(NC(=O)c2ccco2)c1. The standard InChI is InChI=1S/C22H22N2O4/c1-15-9-10-17(14-18(15)24-22(26)20-8-5-13-28-20)21(25)23-12-11-16-6-3-4-7-19(16)27-2/h3-10,13-14H,11-12H2,1-2H3,(H,23,25)(H,24,26). The highest BCUT2D eigenvalue weighted by atomic mass is 16.5. The van der Waals surface area contributed by atoms with Gasteiger partial charge in [-0.1, -0.05) is 24.3 Å². The summed E-state index contributed by atoms with van der Waals surface area (Å²) in [7, 11) is 1.63. The maximum Gasteiger partial charge on any atom is 0.291 e.